The molecule has 0 amide bonds. The van der Waals surface area contributed by atoms with Crippen molar-refractivity contribution in [2.45, 2.75) is 64.8 Å². The molecule has 1 aromatic rings. The lowest BCUT2D eigenvalue weighted by molar-refractivity contribution is 0.0909. The lowest BCUT2D eigenvalue weighted by Crippen LogP contribution is -2.31. The first-order valence-electron chi connectivity index (χ1n) is 9.40. The Hall–Kier alpha value is -0.843. The highest BCUT2D eigenvalue weighted by atomic mass is 28.4. The summed E-state index contributed by atoms with van der Waals surface area (Å²) in [7, 11) is -1.70. The second-order valence-corrected chi connectivity index (χ2v) is 12.7. The van der Waals surface area contributed by atoms with E-state index < -0.39 is 8.32 Å². The molecule has 1 aromatic carbocycles. The molecule has 1 fully saturated rings. The van der Waals surface area contributed by atoms with Crippen molar-refractivity contribution in [1.29, 1.82) is 0 Å². The maximum absolute atomic E-state index is 9.61. The molecule has 136 valence electrons. The average Bonchev–Trinajstić information content (AvgIpc) is 2.57. The van der Waals surface area contributed by atoms with E-state index in [1.807, 2.05) is 19.1 Å². The van der Waals surface area contributed by atoms with Gasteiger partial charge in [-0.05, 0) is 56.1 Å². The summed E-state index contributed by atoms with van der Waals surface area (Å²) in [5.74, 6) is 1.70. The maximum atomic E-state index is 9.61. The number of aliphatic hydroxyl groups is 1. The monoisotopic (exact) mass is 350 g/mol. The van der Waals surface area contributed by atoms with Crippen LogP contribution in [0.4, 0.5) is 0 Å². The van der Waals surface area contributed by atoms with Gasteiger partial charge >= 0.3 is 0 Å². The first-order chi connectivity index (χ1) is 11.4. The van der Waals surface area contributed by atoms with Gasteiger partial charge in [-0.3, -0.25) is 0 Å². The highest BCUT2D eigenvalue weighted by molar-refractivity contribution is 6.69. The molecular weight excluding hydrogens is 316 g/mol. The molecule has 0 radical (unpaired) electrons. The molecule has 0 unspecified atom stereocenters. The normalized spacial score (nSPS) is 19.0. The fourth-order valence-corrected chi connectivity index (χ4v) is 4.47. The summed E-state index contributed by atoms with van der Waals surface area (Å²) in [5, 5.41) is 9.61. The van der Waals surface area contributed by atoms with Crippen LogP contribution in [0.3, 0.4) is 0 Å². The highest BCUT2D eigenvalue weighted by Crippen LogP contribution is 2.32. The third-order valence-electron chi connectivity index (χ3n) is 4.68. The lowest BCUT2D eigenvalue weighted by atomic mass is 9.90. The summed E-state index contributed by atoms with van der Waals surface area (Å²) in [6.07, 6.45) is 6.58. The largest absolute Gasteiger partial charge is 0.493 e. The van der Waals surface area contributed by atoms with Gasteiger partial charge in [-0.15, -0.1) is 0 Å². The number of hydrogen-bond donors (Lipinski definition) is 1. The molecule has 1 N–H and O–H groups in total. The molecule has 1 aliphatic rings. The number of aliphatic hydroxyl groups excluding tert-OH is 1. The molecule has 1 aliphatic carbocycles. The molecule has 3 nitrogen and oxygen atoms in total. The van der Waals surface area contributed by atoms with E-state index in [1.54, 1.807) is 0 Å². The molecule has 0 spiro atoms. The Kier molecular flexibility index (Phi) is 7.32. The van der Waals surface area contributed by atoms with Gasteiger partial charge in [0, 0.05) is 12.5 Å². The molecule has 0 heterocycles. The van der Waals surface area contributed by atoms with Crippen molar-refractivity contribution in [2.75, 3.05) is 13.2 Å². The Labute approximate surface area is 148 Å². The summed E-state index contributed by atoms with van der Waals surface area (Å²) in [4.78, 5) is 0. The molecular formula is C20H34O3Si. The quantitative estimate of drug-likeness (QED) is 0.658. The van der Waals surface area contributed by atoms with Crippen molar-refractivity contribution in [3.63, 3.8) is 0 Å². The summed E-state index contributed by atoms with van der Waals surface area (Å²) in [6, 6.07) is 8.25. The van der Waals surface area contributed by atoms with E-state index in [1.165, 1.54) is 32.1 Å². The third kappa shape index (κ3) is 6.23. The van der Waals surface area contributed by atoms with E-state index in [-0.39, 0.29) is 18.6 Å². The van der Waals surface area contributed by atoms with E-state index in [9.17, 15) is 5.11 Å². The Bertz CT molecular complexity index is 492. The molecule has 1 saturated carbocycles. The van der Waals surface area contributed by atoms with Gasteiger partial charge in [-0.2, -0.15) is 0 Å². The van der Waals surface area contributed by atoms with Crippen LogP contribution in [-0.4, -0.2) is 26.6 Å². The van der Waals surface area contributed by atoms with Crippen molar-refractivity contribution < 1.29 is 14.3 Å². The van der Waals surface area contributed by atoms with Crippen LogP contribution < -0.4 is 4.74 Å². The Balaban J connectivity index is 2.05. The predicted octanol–water partition coefficient (Wildman–Crippen LogP) is 5.17. The van der Waals surface area contributed by atoms with E-state index >= 15 is 0 Å². The van der Waals surface area contributed by atoms with Crippen LogP contribution in [0.1, 0.15) is 50.7 Å². The summed E-state index contributed by atoms with van der Waals surface area (Å²) >= 11 is 0. The van der Waals surface area contributed by atoms with Gasteiger partial charge in [0.15, 0.2) is 8.32 Å². The first kappa shape index (κ1) is 19.5. The van der Waals surface area contributed by atoms with Gasteiger partial charge in [0.2, 0.25) is 0 Å². The van der Waals surface area contributed by atoms with Crippen molar-refractivity contribution in [3.05, 3.63) is 29.8 Å². The van der Waals surface area contributed by atoms with Gasteiger partial charge in [-0.25, -0.2) is 0 Å². The average molecular weight is 351 g/mol. The number of hydrogen-bond acceptors (Lipinski definition) is 3. The number of benzene rings is 1. The fraction of sp³-hybridized carbons (Fsp3) is 0.700. The van der Waals surface area contributed by atoms with Crippen molar-refractivity contribution in [3.8, 4) is 5.75 Å². The van der Waals surface area contributed by atoms with Crippen LogP contribution in [0.15, 0.2) is 24.3 Å². The van der Waals surface area contributed by atoms with E-state index in [4.69, 9.17) is 9.16 Å². The standard InChI is InChI=1S/C20H34O3Si/c1-16(14-21)20(23-24(2,3)4)18-11-8-12-19(13-18)22-15-17-9-6-5-7-10-17/h8,11-13,16-17,20-21H,5-7,9-10,14-15H2,1-4H3/t16-,20-/m0/s1. The van der Waals surface area contributed by atoms with Crippen LogP contribution in [0.25, 0.3) is 0 Å². The summed E-state index contributed by atoms with van der Waals surface area (Å²) < 4.78 is 12.4. The van der Waals surface area contributed by atoms with Gasteiger partial charge in [0.05, 0.1) is 12.7 Å². The minimum Gasteiger partial charge on any atom is -0.493 e. The fourth-order valence-electron chi connectivity index (χ4n) is 3.34. The molecule has 0 aromatic heterocycles. The smallest absolute Gasteiger partial charge is 0.184 e. The van der Waals surface area contributed by atoms with Crippen molar-refractivity contribution in [1.82, 2.24) is 0 Å². The van der Waals surface area contributed by atoms with E-state index in [0.29, 0.717) is 5.92 Å². The van der Waals surface area contributed by atoms with Crippen molar-refractivity contribution >= 4 is 8.32 Å². The molecule has 0 saturated heterocycles. The number of ether oxygens (including phenoxy) is 1. The minimum absolute atomic E-state index is 0.0695. The Morgan fingerprint density at radius 1 is 1.17 bits per heavy atom. The predicted molar refractivity (Wildman–Crippen MR) is 102 cm³/mol. The SMILES string of the molecule is C[C@@H](CO)[C@H](O[Si](C)(C)C)c1cccc(OCC2CCCCC2)c1. The summed E-state index contributed by atoms with van der Waals surface area (Å²) in [5.41, 5.74) is 1.11. The van der Waals surface area contributed by atoms with Crippen LogP contribution in [0, 0.1) is 11.8 Å². The van der Waals surface area contributed by atoms with E-state index in [2.05, 4.69) is 31.8 Å². The Morgan fingerprint density at radius 2 is 1.88 bits per heavy atom. The van der Waals surface area contributed by atoms with Gasteiger partial charge in [0.25, 0.3) is 0 Å². The Morgan fingerprint density at radius 3 is 2.50 bits per heavy atom. The zero-order valence-corrected chi connectivity index (χ0v) is 16.8. The van der Waals surface area contributed by atoms with Gasteiger partial charge < -0.3 is 14.3 Å². The third-order valence-corrected chi connectivity index (χ3v) is 5.64. The molecule has 0 bridgehead atoms. The lowest BCUT2D eigenvalue weighted by Gasteiger charge is -2.30. The maximum Gasteiger partial charge on any atom is 0.184 e. The van der Waals surface area contributed by atoms with Gasteiger partial charge in [0.1, 0.15) is 5.75 Å². The van der Waals surface area contributed by atoms with Crippen molar-refractivity contribution in [2.24, 2.45) is 11.8 Å². The first-order valence-corrected chi connectivity index (χ1v) is 12.8. The molecule has 0 aliphatic heterocycles. The molecule has 4 heteroatoms. The topological polar surface area (TPSA) is 38.7 Å². The zero-order valence-electron chi connectivity index (χ0n) is 15.8. The summed E-state index contributed by atoms with van der Waals surface area (Å²) in [6.45, 7) is 9.55. The minimum atomic E-state index is -1.70. The van der Waals surface area contributed by atoms with E-state index in [0.717, 1.165) is 17.9 Å². The second-order valence-electron chi connectivity index (χ2n) is 8.20. The van der Waals surface area contributed by atoms with Crippen LogP contribution in [0.2, 0.25) is 19.6 Å². The number of rotatable bonds is 8. The molecule has 2 rings (SSSR count). The zero-order chi connectivity index (χ0) is 17.6. The second kappa shape index (κ2) is 9.02. The molecule has 24 heavy (non-hydrogen) atoms. The van der Waals surface area contributed by atoms with Crippen LogP contribution in [-0.2, 0) is 4.43 Å². The van der Waals surface area contributed by atoms with Gasteiger partial charge in [-0.1, -0.05) is 38.3 Å². The highest BCUT2D eigenvalue weighted by Gasteiger charge is 2.27. The van der Waals surface area contributed by atoms with Crippen LogP contribution >= 0.6 is 0 Å². The molecule has 2 atom stereocenters. The van der Waals surface area contributed by atoms with Crippen LogP contribution in [0.5, 0.6) is 5.75 Å².